The Bertz CT molecular complexity index is 194. The average molecular weight is 224 g/mol. The predicted molar refractivity (Wildman–Crippen MR) is 73.5 cm³/mol. The molecule has 1 aliphatic carbocycles. The van der Waals surface area contributed by atoms with Crippen molar-refractivity contribution in [1.82, 2.24) is 0 Å². The van der Waals surface area contributed by atoms with Crippen LogP contribution in [-0.2, 0) is 0 Å². The van der Waals surface area contributed by atoms with Gasteiger partial charge in [0.15, 0.2) is 0 Å². The molecule has 0 heterocycles. The van der Waals surface area contributed by atoms with Crippen LogP contribution >= 0.6 is 0 Å². The Morgan fingerprint density at radius 2 is 1.62 bits per heavy atom. The molecular formula is C16H32. The van der Waals surface area contributed by atoms with E-state index in [0.29, 0.717) is 0 Å². The van der Waals surface area contributed by atoms with E-state index in [1.807, 2.05) is 0 Å². The molecule has 1 fully saturated rings. The highest BCUT2D eigenvalue weighted by atomic mass is 14.5. The lowest BCUT2D eigenvalue weighted by Gasteiger charge is -2.24. The first-order valence-corrected chi connectivity index (χ1v) is 7.50. The molecule has 0 spiro atoms. The minimum absolute atomic E-state index is 0.846. The molecule has 0 heteroatoms. The van der Waals surface area contributed by atoms with Gasteiger partial charge in [0.25, 0.3) is 0 Å². The van der Waals surface area contributed by atoms with Crippen LogP contribution < -0.4 is 0 Å². The van der Waals surface area contributed by atoms with Gasteiger partial charge in [0.05, 0.1) is 0 Å². The van der Waals surface area contributed by atoms with Crippen molar-refractivity contribution in [3.05, 3.63) is 0 Å². The third-order valence-electron chi connectivity index (χ3n) is 5.27. The topological polar surface area (TPSA) is 0 Å². The largest absolute Gasteiger partial charge is 0.0654 e. The van der Waals surface area contributed by atoms with Crippen molar-refractivity contribution in [3.8, 4) is 0 Å². The maximum Gasteiger partial charge on any atom is -0.0326 e. The predicted octanol–water partition coefficient (Wildman–Crippen LogP) is 5.38. The molecule has 1 saturated carbocycles. The number of unbranched alkanes of at least 4 members (excludes halogenated alkanes) is 2. The molecule has 5 atom stereocenters. The van der Waals surface area contributed by atoms with Gasteiger partial charge in [-0.15, -0.1) is 0 Å². The molecule has 0 nitrogen and oxygen atoms in total. The Morgan fingerprint density at radius 3 is 2.12 bits per heavy atom. The standard InChI is InChI=1S/C16H32/c1-7-8-9-10-15-14(6)16(15)13(5)12(4)11(2)3/h11-16H,7-10H2,1-6H3. The number of hydrogen-bond acceptors (Lipinski definition) is 0. The van der Waals surface area contributed by atoms with Crippen LogP contribution in [0.1, 0.15) is 67.2 Å². The lowest BCUT2D eigenvalue weighted by atomic mass is 9.82. The van der Waals surface area contributed by atoms with Gasteiger partial charge in [-0.05, 0) is 41.9 Å². The molecule has 0 aromatic rings. The van der Waals surface area contributed by atoms with Gasteiger partial charge in [0.2, 0.25) is 0 Å². The highest BCUT2D eigenvalue weighted by Gasteiger charge is 2.49. The van der Waals surface area contributed by atoms with Crippen LogP contribution in [0.2, 0.25) is 0 Å². The summed E-state index contributed by atoms with van der Waals surface area (Å²) in [5.41, 5.74) is 0. The van der Waals surface area contributed by atoms with Gasteiger partial charge in [0.1, 0.15) is 0 Å². The second kappa shape index (κ2) is 6.07. The Morgan fingerprint density at radius 1 is 1.00 bits per heavy atom. The van der Waals surface area contributed by atoms with Crippen molar-refractivity contribution in [2.75, 3.05) is 0 Å². The van der Waals surface area contributed by atoms with Crippen LogP contribution in [0.5, 0.6) is 0 Å². The smallest absolute Gasteiger partial charge is 0.0326 e. The van der Waals surface area contributed by atoms with Crippen molar-refractivity contribution in [2.24, 2.45) is 35.5 Å². The number of rotatable bonds is 7. The van der Waals surface area contributed by atoms with Crippen molar-refractivity contribution in [3.63, 3.8) is 0 Å². The molecular weight excluding hydrogens is 192 g/mol. The normalized spacial score (nSPS) is 32.8. The quantitative estimate of drug-likeness (QED) is 0.509. The van der Waals surface area contributed by atoms with Gasteiger partial charge in [-0.3, -0.25) is 0 Å². The summed E-state index contributed by atoms with van der Waals surface area (Å²) in [7, 11) is 0. The van der Waals surface area contributed by atoms with E-state index >= 15 is 0 Å². The molecule has 1 rings (SSSR count). The van der Waals surface area contributed by atoms with Crippen LogP contribution in [0.4, 0.5) is 0 Å². The summed E-state index contributed by atoms with van der Waals surface area (Å²) >= 11 is 0. The lowest BCUT2D eigenvalue weighted by Crippen LogP contribution is -2.17. The van der Waals surface area contributed by atoms with Crippen molar-refractivity contribution >= 4 is 0 Å². The van der Waals surface area contributed by atoms with Crippen molar-refractivity contribution in [2.45, 2.75) is 67.2 Å². The minimum Gasteiger partial charge on any atom is -0.0654 e. The highest BCUT2D eigenvalue weighted by Crippen LogP contribution is 2.55. The van der Waals surface area contributed by atoms with E-state index in [4.69, 9.17) is 0 Å². The first-order chi connectivity index (χ1) is 7.50. The number of hydrogen-bond donors (Lipinski definition) is 0. The van der Waals surface area contributed by atoms with Crippen LogP contribution in [-0.4, -0.2) is 0 Å². The molecule has 0 aromatic heterocycles. The van der Waals surface area contributed by atoms with E-state index in [9.17, 15) is 0 Å². The van der Waals surface area contributed by atoms with Crippen molar-refractivity contribution < 1.29 is 0 Å². The zero-order valence-electron chi connectivity index (χ0n) is 12.3. The fraction of sp³-hybridized carbons (Fsp3) is 1.00. The van der Waals surface area contributed by atoms with Gasteiger partial charge in [0, 0.05) is 0 Å². The van der Waals surface area contributed by atoms with Crippen molar-refractivity contribution in [1.29, 1.82) is 0 Å². The molecule has 1 aliphatic rings. The van der Waals surface area contributed by atoms with E-state index < -0.39 is 0 Å². The summed E-state index contributed by atoms with van der Waals surface area (Å²) in [5, 5.41) is 0. The Hall–Kier alpha value is 0. The molecule has 5 unspecified atom stereocenters. The zero-order valence-corrected chi connectivity index (χ0v) is 12.3. The van der Waals surface area contributed by atoms with Gasteiger partial charge in [-0.1, -0.05) is 60.8 Å². The summed E-state index contributed by atoms with van der Waals surface area (Å²) in [5.74, 6) is 5.77. The Labute approximate surface area is 103 Å². The second-order valence-electron chi connectivity index (χ2n) is 6.56. The fourth-order valence-corrected chi connectivity index (χ4v) is 3.49. The SMILES string of the molecule is CCCCCC1C(C)C1C(C)C(C)C(C)C. The molecule has 0 aliphatic heterocycles. The Kier molecular flexibility index (Phi) is 5.34. The molecule has 0 N–H and O–H groups in total. The molecule has 0 saturated heterocycles. The summed E-state index contributed by atoms with van der Waals surface area (Å²) in [6, 6.07) is 0. The maximum absolute atomic E-state index is 2.49. The van der Waals surface area contributed by atoms with Crippen LogP contribution in [0, 0.1) is 35.5 Å². The second-order valence-corrected chi connectivity index (χ2v) is 6.56. The Balaban J connectivity index is 2.33. The van der Waals surface area contributed by atoms with Crippen LogP contribution in [0.25, 0.3) is 0 Å². The van der Waals surface area contributed by atoms with Gasteiger partial charge in [-0.25, -0.2) is 0 Å². The third kappa shape index (κ3) is 3.25. The summed E-state index contributed by atoms with van der Waals surface area (Å²) in [6.07, 6.45) is 5.76. The van der Waals surface area contributed by atoms with Crippen LogP contribution in [0.3, 0.4) is 0 Å². The maximum atomic E-state index is 2.49. The molecule has 0 bridgehead atoms. The van der Waals surface area contributed by atoms with E-state index in [-0.39, 0.29) is 0 Å². The molecule has 0 aromatic carbocycles. The molecule has 0 radical (unpaired) electrons. The third-order valence-corrected chi connectivity index (χ3v) is 5.27. The molecule has 0 amide bonds. The van der Waals surface area contributed by atoms with Gasteiger partial charge >= 0.3 is 0 Å². The minimum atomic E-state index is 0.846. The van der Waals surface area contributed by atoms with E-state index in [0.717, 1.165) is 35.5 Å². The summed E-state index contributed by atoms with van der Waals surface area (Å²) in [4.78, 5) is 0. The van der Waals surface area contributed by atoms with E-state index in [2.05, 4.69) is 41.5 Å². The molecule has 96 valence electrons. The molecule has 16 heavy (non-hydrogen) atoms. The highest BCUT2D eigenvalue weighted by molar-refractivity contribution is 4.97. The van der Waals surface area contributed by atoms with E-state index in [1.165, 1.54) is 25.7 Å². The van der Waals surface area contributed by atoms with E-state index in [1.54, 1.807) is 0 Å². The van der Waals surface area contributed by atoms with Gasteiger partial charge < -0.3 is 0 Å². The first kappa shape index (κ1) is 14.1. The summed E-state index contributed by atoms with van der Waals surface area (Å²) < 4.78 is 0. The fourth-order valence-electron chi connectivity index (χ4n) is 3.49. The average Bonchev–Trinajstić information content (AvgIpc) is 2.87. The zero-order chi connectivity index (χ0) is 12.3. The summed E-state index contributed by atoms with van der Waals surface area (Å²) in [6.45, 7) is 14.5. The lowest BCUT2D eigenvalue weighted by molar-refractivity contribution is 0.252. The first-order valence-electron chi connectivity index (χ1n) is 7.50. The van der Waals surface area contributed by atoms with Gasteiger partial charge in [-0.2, -0.15) is 0 Å². The monoisotopic (exact) mass is 224 g/mol. The van der Waals surface area contributed by atoms with Crippen LogP contribution in [0.15, 0.2) is 0 Å².